The Morgan fingerprint density at radius 2 is 2.12 bits per heavy atom. The third-order valence-electron chi connectivity index (χ3n) is 5.82. The van der Waals surface area contributed by atoms with Crippen molar-refractivity contribution < 1.29 is 17.6 Å². The summed E-state index contributed by atoms with van der Waals surface area (Å²) in [6, 6.07) is 9.33. The molecule has 1 fully saturated rings. The number of nitriles is 1. The molecule has 0 saturated carbocycles. The van der Waals surface area contributed by atoms with Crippen LogP contribution in [0, 0.1) is 17.1 Å². The van der Waals surface area contributed by atoms with Crippen LogP contribution in [0.4, 0.5) is 10.2 Å². The van der Waals surface area contributed by atoms with Crippen LogP contribution in [0.5, 0.6) is 0 Å². The van der Waals surface area contributed by atoms with Crippen LogP contribution >= 0.6 is 0 Å². The monoisotopic (exact) mass is 481 g/mol. The Morgan fingerprint density at radius 3 is 2.88 bits per heavy atom. The normalized spacial score (nSPS) is 17.5. The summed E-state index contributed by atoms with van der Waals surface area (Å²) in [5.41, 5.74) is 1.63. The van der Waals surface area contributed by atoms with Gasteiger partial charge in [-0.1, -0.05) is 6.07 Å². The number of anilines is 1. The summed E-state index contributed by atoms with van der Waals surface area (Å²) in [6.07, 6.45) is 3.45. The van der Waals surface area contributed by atoms with Crippen LogP contribution in [0.1, 0.15) is 28.0 Å². The average Bonchev–Trinajstić information content (AvgIpc) is 3.52. The minimum atomic E-state index is -3.31. The molecule has 0 bridgehead atoms. The lowest BCUT2D eigenvalue weighted by atomic mass is 10.0. The summed E-state index contributed by atoms with van der Waals surface area (Å²) >= 11 is 0. The Labute approximate surface area is 195 Å². The number of rotatable bonds is 5. The van der Waals surface area contributed by atoms with Crippen LogP contribution < -0.4 is 14.9 Å². The van der Waals surface area contributed by atoms with E-state index in [0.29, 0.717) is 42.3 Å². The molecule has 10 nitrogen and oxygen atoms in total. The van der Waals surface area contributed by atoms with E-state index < -0.39 is 15.8 Å². The van der Waals surface area contributed by atoms with Crippen molar-refractivity contribution in [2.45, 2.75) is 19.0 Å². The minimum absolute atomic E-state index is 0.0648. The molecule has 3 aromatic rings. The second-order valence-corrected chi connectivity index (χ2v) is 10.0. The highest BCUT2D eigenvalue weighted by Crippen LogP contribution is 2.32. The van der Waals surface area contributed by atoms with E-state index in [-0.39, 0.29) is 35.3 Å². The van der Waals surface area contributed by atoms with Gasteiger partial charge in [0.05, 0.1) is 52.6 Å². The fourth-order valence-electron chi connectivity index (χ4n) is 4.38. The largest absolute Gasteiger partial charge is 0.353 e. The Hall–Kier alpha value is -3.82. The van der Waals surface area contributed by atoms with Gasteiger partial charge in [0.2, 0.25) is 10.0 Å². The van der Waals surface area contributed by atoms with E-state index in [4.69, 9.17) is 0 Å². The summed E-state index contributed by atoms with van der Waals surface area (Å²) in [4.78, 5) is 19.0. The van der Waals surface area contributed by atoms with Crippen molar-refractivity contribution in [3.63, 3.8) is 0 Å². The van der Waals surface area contributed by atoms with Gasteiger partial charge in [-0.2, -0.15) is 10.4 Å². The second kappa shape index (κ2) is 8.19. The van der Waals surface area contributed by atoms with Gasteiger partial charge in [0.15, 0.2) is 5.82 Å². The summed E-state index contributed by atoms with van der Waals surface area (Å²) in [5, 5.41) is 16.8. The van der Waals surface area contributed by atoms with Gasteiger partial charge in [0.1, 0.15) is 5.82 Å². The SMILES string of the molecule is CS(=O)(=O)N[C@H]1CCN(c2ccn(-c3cc(-c4c(F)cccc4C#N)nc4c3C(=O)NC4)n2)C1. The maximum Gasteiger partial charge on any atom is 0.255 e. The van der Waals surface area contributed by atoms with Crippen LogP contribution in [0.2, 0.25) is 0 Å². The van der Waals surface area contributed by atoms with Gasteiger partial charge >= 0.3 is 0 Å². The number of amides is 1. The molecule has 1 saturated heterocycles. The molecule has 4 heterocycles. The topological polar surface area (TPSA) is 133 Å². The Kier molecular flexibility index (Phi) is 5.30. The second-order valence-electron chi connectivity index (χ2n) is 8.25. The van der Waals surface area contributed by atoms with E-state index >= 15 is 0 Å². The van der Waals surface area contributed by atoms with Crippen LogP contribution in [-0.4, -0.2) is 54.5 Å². The number of carbonyl (C=O) groups is 1. The molecule has 2 N–H and O–H groups in total. The molecule has 0 spiro atoms. The standard InChI is InChI=1S/C22H20FN7O3S/c1-34(32,33)28-14-5-7-29(12-14)19-6-8-30(27-19)18-9-16(26-17-11-25-22(31)21(17)18)20-13(10-24)3-2-4-15(20)23/h2-4,6,8-9,14,28H,5,7,11-12H2,1H3,(H,25,31)/t14-/m0/s1. The average molecular weight is 482 g/mol. The third kappa shape index (κ3) is 4.00. The predicted molar refractivity (Wildman–Crippen MR) is 121 cm³/mol. The highest BCUT2D eigenvalue weighted by atomic mass is 32.2. The number of fused-ring (bicyclic) bond motifs is 1. The molecular formula is C22H20FN7O3S. The zero-order chi connectivity index (χ0) is 24.0. The summed E-state index contributed by atoms with van der Waals surface area (Å²) < 4.78 is 41.9. The first-order valence-corrected chi connectivity index (χ1v) is 12.4. The molecule has 2 aliphatic rings. The van der Waals surface area contributed by atoms with Gasteiger partial charge in [-0.05, 0) is 24.6 Å². The summed E-state index contributed by atoms with van der Waals surface area (Å²) in [5.74, 6) is -0.280. The molecule has 0 aliphatic carbocycles. The predicted octanol–water partition coefficient (Wildman–Crippen LogP) is 1.32. The molecule has 0 unspecified atom stereocenters. The molecule has 0 radical (unpaired) electrons. The first-order chi connectivity index (χ1) is 16.2. The zero-order valence-electron chi connectivity index (χ0n) is 18.1. The summed E-state index contributed by atoms with van der Waals surface area (Å²) in [6.45, 7) is 1.26. The van der Waals surface area contributed by atoms with Gasteiger partial charge in [-0.25, -0.2) is 27.2 Å². The zero-order valence-corrected chi connectivity index (χ0v) is 18.9. The molecule has 2 aliphatic heterocycles. The third-order valence-corrected chi connectivity index (χ3v) is 6.58. The molecular weight excluding hydrogens is 461 g/mol. The number of halogens is 1. The fraction of sp³-hybridized carbons (Fsp3) is 0.273. The van der Waals surface area contributed by atoms with E-state index in [1.807, 2.05) is 11.0 Å². The van der Waals surface area contributed by atoms with E-state index in [9.17, 15) is 22.9 Å². The number of sulfonamides is 1. The Balaban J connectivity index is 1.54. The Bertz CT molecular complexity index is 1460. The lowest BCUT2D eigenvalue weighted by Gasteiger charge is -2.16. The van der Waals surface area contributed by atoms with Crippen LogP contribution in [0.25, 0.3) is 16.9 Å². The number of nitrogens with one attached hydrogen (secondary N) is 2. The van der Waals surface area contributed by atoms with Crippen molar-refractivity contribution >= 4 is 21.7 Å². The number of hydrogen-bond donors (Lipinski definition) is 2. The van der Waals surface area contributed by atoms with Gasteiger partial charge in [0.25, 0.3) is 5.91 Å². The first-order valence-electron chi connectivity index (χ1n) is 10.5. The summed E-state index contributed by atoms with van der Waals surface area (Å²) in [7, 11) is -3.31. The van der Waals surface area contributed by atoms with Crippen molar-refractivity contribution in [3.05, 3.63) is 59.2 Å². The minimum Gasteiger partial charge on any atom is -0.353 e. The van der Waals surface area contributed by atoms with Gasteiger partial charge in [-0.3, -0.25) is 4.79 Å². The van der Waals surface area contributed by atoms with Crippen LogP contribution in [-0.2, 0) is 16.6 Å². The van der Waals surface area contributed by atoms with Crippen molar-refractivity contribution in [1.82, 2.24) is 24.8 Å². The molecule has 1 aromatic carbocycles. The fourth-order valence-corrected chi connectivity index (χ4v) is 5.18. The number of pyridine rings is 1. The number of benzene rings is 1. The molecule has 34 heavy (non-hydrogen) atoms. The number of aromatic nitrogens is 3. The molecule has 5 rings (SSSR count). The van der Waals surface area contributed by atoms with Gasteiger partial charge < -0.3 is 10.2 Å². The van der Waals surface area contributed by atoms with E-state index in [0.717, 1.165) is 6.26 Å². The maximum absolute atomic E-state index is 14.7. The Morgan fingerprint density at radius 1 is 1.29 bits per heavy atom. The quantitative estimate of drug-likeness (QED) is 0.561. The number of hydrogen-bond acceptors (Lipinski definition) is 7. The smallest absolute Gasteiger partial charge is 0.255 e. The van der Waals surface area contributed by atoms with Gasteiger partial charge in [-0.15, -0.1) is 0 Å². The molecule has 1 amide bonds. The maximum atomic E-state index is 14.7. The number of nitrogens with zero attached hydrogens (tertiary/aromatic N) is 5. The van der Waals surface area contributed by atoms with Crippen LogP contribution in [0.3, 0.4) is 0 Å². The van der Waals surface area contributed by atoms with Gasteiger partial charge in [0, 0.05) is 31.4 Å². The van der Waals surface area contributed by atoms with Crippen molar-refractivity contribution in [2.24, 2.45) is 0 Å². The first kappa shape index (κ1) is 22.0. The lowest BCUT2D eigenvalue weighted by molar-refractivity contribution is 0.0965. The molecule has 2 aromatic heterocycles. The van der Waals surface area contributed by atoms with Crippen molar-refractivity contribution in [1.29, 1.82) is 5.26 Å². The van der Waals surface area contributed by atoms with Crippen molar-refractivity contribution in [3.8, 4) is 23.0 Å². The lowest BCUT2D eigenvalue weighted by Crippen LogP contribution is -2.36. The highest BCUT2D eigenvalue weighted by molar-refractivity contribution is 7.88. The van der Waals surface area contributed by atoms with E-state index in [1.54, 1.807) is 18.3 Å². The molecule has 174 valence electrons. The van der Waals surface area contributed by atoms with E-state index in [1.165, 1.54) is 22.9 Å². The molecule has 12 heteroatoms. The van der Waals surface area contributed by atoms with Crippen LogP contribution in [0.15, 0.2) is 36.5 Å². The highest BCUT2D eigenvalue weighted by Gasteiger charge is 2.29. The number of carbonyl (C=O) groups excluding carboxylic acids is 1. The van der Waals surface area contributed by atoms with Crippen molar-refractivity contribution in [2.75, 3.05) is 24.2 Å². The van der Waals surface area contributed by atoms with E-state index in [2.05, 4.69) is 20.1 Å². The molecule has 1 atom stereocenters.